The highest BCUT2D eigenvalue weighted by molar-refractivity contribution is 9.09. The molecule has 20 heavy (non-hydrogen) atoms. The molecule has 6 heteroatoms. The highest BCUT2D eigenvalue weighted by Crippen LogP contribution is 2.33. The van der Waals surface area contributed by atoms with Crippen LogP contribution in [0.1, 0.15) is 16.0 Å². The van der Waals surface area contributed by atoms with E-state index >= 15 is 0 Å². The zero-order valence-electron chi connectivity index (χ0n) is 9.94. The fourth-order valence-electron chi connectivity index (χ4n) is 1.79. The Hall–Kier alpha value is -1.07. The van der Waals surface area contributed by atoms with Crippen LogP contribution in [0.25, 0.3) is 0 Å². The van der Waals surface area contributed by atoms with Crippen LogP contribution in [0.15, 0.2) is 30.3 Å². The van der Waals surface area contributed by atoms with Crippen LogP contribution in [0, 0.1) is 23.3 Å². The van der Waals surface area contributed by atoms with E-state index in [4.69, 9.17) is 11.6 Å². The number of alkyl halides is 1. The van der Waals surface area contributed by atoms with Gasteiger partial charge in [0.2, 0.25) is 0 Å². The van der Waals surface area contributed by atoms with Crippen molar-refractivity contribution in [2.24, 2.45) is 0 Å². The summed E-state index contributed by atoms with van der Waals surface area (Å²) in [5.74, 6) is -3.00. The molecular formula is C14H8BrClF4. The largest absolute Gasteiger partial charge is 0.207 e. The monoisotopic (exact) mass is 366 g/mol. The van der Waals surface area contributed by atoms with E-state index in [0.717, 1.165) is 24.3 Å². The summed E-state index contributed by atoms with van der Waals surface area (Å²) >= 11 is 8.57. The summed E-state index contributed by atoms with van der Waals surface area (Å²) in [6.45, 7) is 0. The topological polar surface area (TPSA) is 0 Å². The number of halogens is 6. The maximum Gasteiger partial charge on any atom is 0.142 e. The third kappa shape index (κ3) is 3.15. The van der Waals surface area contributed by atoms with Gasteiger partial charge in [0.25, 0.3) is 0 Å². The summed E-state index contributed by atoms with van der Waals surface area (Å²) in [5.41, 5.74) is -0.237. The molecule has 0 aromatic heterocycles. The summed E-state index contributed by atoms with van der Waals surface area (Å²) in [6, 6.07) is 5.20. The van der Waals surface area contributed by atoms with E-state index in [9.17, 15) is 17.6 Å². The summed E-state index contributed by atoms with van der Waals surface area (Å²) in [4.78, 5) is -0.777. The molecule has 106 valence electrons. The molecule has 0 fully saturated rings. The van der Waals surface area contributed by atoms with E-state index in [0.29, 0.717) is 0 Å². The molecule has 2 aromatic carbocycles. The van der Waals surface area contributed by atoms with Gasteiger partial charge in [-0.15, -0.1) is 0 Å². The molecule has 0 saturated carbocycles. The average molecular weight is 368 g/mol. The first-order valence-corrected chi connectivity index (χ1v) is 6.91. The van der Waals surface area contributed by atoms with Crippen molar-refractivity contribution in [2.45, 2.75) is 11.2 Å². The van der Waals surface area contributed by atoms with Gasteiger partial charge in [0.15, 0.2) is 0 Å². The van der Waals surface area contributed by atoms with Gasteiger partial charge in [-0.3, -0.25) is 0 Å². The quantitative estimate of drug-likeness (QED) is 0.378. The van der Waals surface area contributed by atoms with E-state index in [1.54, 1.807) is 0 Å². The predicted molar refractivity (Wildman–Crippen MR) is 73.1 cm³/mol. The van der Waals surface area contributed by atoms with Gasteiger partial charge >= 0.3 is 0 Å². The minimum atomic E-state index is -0.790. The smallest absolute Gasteiger partial charge is 0.142 e. The molecule has 2 rings (SSSR count). The Morgan fingerprint density at radius 2 is 1.55 bits per heavy atom. The molecule has 0 aliphatic heterocycles. The van der Waals surface area contributed by atoms with E-state index in [1.807, 2.05) is 0 Å². The molecular weight excluding hydrogens is 360 g/mol. The maximum atomic E-state index is 13.7. The first kappa shape index (κ1) is 15.3. The first-order valence-electron chi connectivity index (χ1n) is 5.61. The summed E-state index contributed by atoms with van der Waals surface area (Å²) in [7, 11) is 0. The lowest BCUT2D eigenvalue weighted by Crippen LogP contribution is -2.04. The lowest BCUT2D eigenvalue weighted by Gasteiger charge is -2.13. The fraction of sp³-hybridized carbons (Fsp3) is 0.143. The Bertz CT molecular complexity index is 625. The lowest BCUT2D eigenvalue weighted by molar-refractivity contribution is 0.548. The molecule has 1 atom stereocenters. The van der Waals surface area contributed by atoms with Gasteiger partial charge in [0.05, 0.1) is 5.02 Å². The first-order chi connectivity index (χ1) is 9.40. The SMILES string of the molecule is Fc1cc(C(Br)Cc2c(F)cccc2F)c(F)cc1Cl. The Labute approximate surface area is 126 Å². The molecule has 0 aliphatic carbocycles. The van der Waals surface area contributed by atoms with Gasteiger partial charge in [-0.1, -0.05) is 33.6 Å². The zero-order valence-corrected chi connectivity index (χ0v) is 12.3. The number of hydrogen-bond acceptors (Lipinski definition) is 0. The minimum absolute atomic E-state index is 0.0467. The normalized spacial score (nSPS) is 12.5. The number of hydrogen-bond donors (Lipinski definition) is 0. The predicted octanol–water partition coefficient (Wildman–Crippen LogP) is 5.58. The van der Waals surface area contributed by atoms with Gasteiger partial charge in [-0.25, -0.2) is 17.6 Å². The molecule has 1 unspecified atom stereocenters. The second-order valence-corrected chi connectivity index (χ2v) is 5.67. The van der Waals surface area contributed by atoms with Crippen LogP contribution in [0.3, 0.4) is 0 Å². The average Bonchev–Trinajstić information content (AvgIpc) is 2.38. The molecule has 0 amide bonds. The molecule has 0 heterocycles. The maximum absolute atomic E-state index is 13.7. The van der Waals surface area contributed by atoms with Crippen molar-refractivity contribution in [2.75, 3.05) is 0 Å². The Morgan fingerprint density at radius 1 is 0.950 bits per heavy atom. The van der Waals surface area contributed by atoms with Gasteiger partial charge in [0, 0.05) is 16.0 Å². The third-order valence-corrected chi connectivity index (χ3v) is 3.93. The molecule has 2 aromatic rings. The number of rotatable bonds is 3. The Balaban J connectivity index is 2.33. The van der Waals surface area contributed by atoms with Gasteiger partial charge in [0.1, 0.15) is 23.3 Å². The summed E-state index contributed by atoms with van der Waals surface area (Å²) in [5, 5.41) is -0.344. The zero-order chi connectivity index (χ0) is 14.9. The van der Waals surface area contributed by atoms with Crippen molar-refractivity contribution in [3.63, 3.8) is 0 Å². The van der Waals surface area contributed by atoms with Crippen molar-refractivity contribution < 1.29 is 17.6 Å². The van der Waals surface area contributed by atoms with Crippen molar-refractivity contribution in [3.05, 3.63) is 69.8 Å². The van der Waals surface area contributed by atoms with Crippen molar-refractivity contribution in [1.82, 2.24) is 0 Å². The van der Waals surface area contributed by atoms with E-state index in [-0.39, 0.29) is 22.6 Å². The van der Waals surface area contributed by atoms with Crippen molar-refractivity contribution in [3.8, 4) is 0 Å². The van der Waals surface area contributed by atoms with Crippen molar-refractivity contribution >= 4 is 27.5 Å². The van der Waals surface area contributed by atoms with Crippen molar-refractivity contribution in [1.29, 1.82) is 0 Å². The minimum Gasteiger partial charge on any atom is -0.207 e. The van der Waals surface area contributed by atoms with E-state index in [2.05, 4.69) is 15.9 Å². The lowest BCUT2D eigenvalue weighted by atomic mass is 10.0. The summed E-state index contributed by atoms with van der Waals surface area (Å²) < 4.78 is 54.1. The van der Waals surface area contributed by atoms with Crippen LogP contribution >= 0.6 is 27.5 Å². The fourth-order valence-corrected chi connectivity index (χ4v) is 2.62. The van der Waals surface area contributed by atoms with Crippen LogP contribution in [0.2, 0.25) is 5.02 Å². The highest BCUT2D eigenvalue weighted by atomic mass is 79.9. The Morgan fingerprint density at radius 3 is 2.15 bits per heavy atom. The molecule has 0 saturated heterocycles. The number of benzene rings is 2. The van der Waals surface area contributed by atoms with Gasteiger partial charge in [-0.05, 0) is 30.7 Å². The van der Waals surface area contributed by atoms with Crippen LogP contribution in [0.4, 0.5) is 17.6 Å². The Kier molecular flexibility index (Phi) is 4.70. The molecule has 0 spiro atoms. The van der Waals surface area contributed by atoms with Crippen LogP contribution < -0.4 is 0 Å². The van der Waals surface area contributed by atoms with E-state index < -0.39 is 28.1 Å². The van der Waals surface area contributed by atoms with Crippen LogP contribution in [0.5, 0.6) is 0 Å². The second kappa shape index (κ2) is 6.14. The molecule has 0 N–H and O–H groups in total. The molecule has 0 aliphatic rings. The third-order valence-electron chi connectivity index (χ3n) is 2.82. The molecule has 0 radical (unpaired) electrons. The van der Waals surface area contributed by atoms with E-state index in [1.165, 1.54) is 6.07 Å². The molecule has 0 bridgehead atoms. The van der Waals surface area contributed by atoms with Gasteiger partial charge in [-0.2, -0.15) is 0 Å². The van der Waals surface area contributed by atoms with Gasteiger partial charge < -0.3 is 0 Å². The molecule has 0 nitrogen and oxygen atoms in total. The van der Waals surface area contributed by atoms with Crippen LogP contribution in [-0.4, -0.2) is 0 Å². The second-order valence-electron chi connectivity index (χ2n) is 4.16. The standard InChI is InChI=1S/C14H8BrClF4/c15-9(4-8-11(17)2-1-3-12(8)18)7-5-14(20)10(16)6-13(7)19/h1-3,5-6,9H,4H2. The summed E-state index contributed by atoms with van der Waals surface area (Å²) in [6.07, 6.45) is -0.156. The van der Waals surface area contributed by atoms with Crippen LogP contribution in [-0.2, 0) is 6.42 Å². The highest BCUT2D eigenvalue weighted by Gasteiger charge is 2.19.